The fourth-order valence-corrected chi connectivity index (χ4v) is 1.82. The highest BCUT2D eigenvalue weighted by Gasteiger charge is 2.00. The van der Waals surface area contributed by atoms with Crippen LogP contribution in [-0.2, 0) is 4.79 Å². The quantitative estimate of drug-likeness (QED) is 0.939. The Hall–Kier alpha value is -1.55. The third-order valence-corrected chi connectivity index (χ3v) is 2.65. The fraction of sp³-hybridized carbons (Fsp3) is 0.0833. The van der Waals surface area contributed by atoms with E-state index in [-0.39, 0.29) is 6.61 Å². The molecule has 0 spiro atoms. The normalized spacial score (nSPS) is 10.3. The molecule has 0 saturated heterocycles. The first-order valence-electron chi connectivity index (χ1n) is 4.75. The molecule has 0 aliphatic carbocycles. The van der Waals surface area contributed by atoms with E-state index in [1.54, 1.807) is 0 Å². The molecule has 0 aliphatic rings. The summed E-state index contributed by atoms with van der Waals surface area (Å²) in [5.41, 5.74) is 5.01. The van der Waals surface area contributed by atoms with Gasteiger partial charge in [0.25, 0.3) is 5.91 Å². The van der Waals surface area contributed by atoms with Crippen molar-refractivity contribution in [1.82, 2.24) is 0 Å². The lowest BCUT2D eigenvalue weighted by Gasteiger charge is -2.05. The van der Waals surface area contributed by atoms with Crippen LogP contribution in [0.15, 0.2) is 40.9 Å². The molecule has 2 rings (SSSR count). The minimum Gasteiger partial charge on any atom is -0.484 e. The van der Waals surface area contributed by atoms with Crippen molar-refractivity contribution in [3.63, 3.8) is 0 Å². The molecule has 0 aliphatic heterocycles. The molecule has 0 bridgehead atoms. The zero-order valence-electron chi connectivity index (χ0n) is 8.44. The Morgan fingerprint density at radius 2 is 1.94 bits per heavy atom. The Balaban J connectivity index is 2.31. The Morgan fingerprint density at radius 3 is 2.69 bits per heavy atom. The van der Waals surface area contributed by atoms with E-state index in [0.717, 1.165) is 15.2 Å². The smallest absolute Gasteiger partial charge is 0.255 e. The third kappa shape index (κ3) is 2.52. The van der Waals surface area contributed by atoms with Gasteiger partial charge < -0.3 is 10.5 Å². The Bertz CT molecular complexity index is 540. The van der Waals surface area contributed by atoms with Gasteiger partial charge in [0.1, 0.15) is 5.75 Å². The van der Waals surface area contributed by atoms with E-state index in [0.29, 0.717) is 5.75 Å². The summed E-state index contributed by atoms with van der Waals surface area (Å²) in [7, 11) is 0. The molecule has 0 atom stereocenters. The first kappa shape index (κ1) is 11.0. The molecular formula is C12H10BrNO2. The third-order valence-electron chi connectivity index (χ3n) is 2.15. The highest BCUT2D eigenvalue weighted by atomic mass is 79.9. The molecule has 1 amide bonds. The lowest BCUT2D eigenvalue weighted by Crippen LogP contribution is -2.19. The van der Waals surface area contributed by atoms with E-state index < -0.39 is 5.91 Å². The number of hydrogen-bond donors (Lipinski definition) is 1. The van der Waals surface area contributed by atoms with Gasteiger partial charge in [-0.2, -0.15) is 0 Å². The number of ether oxygens (including phenoxy) is 1. The summed E-state index contributed by atoms with van der Waals surface area (Å²) in [6.45, 7) is -0.0977. The van der Waals surface area contributed by atoms with E-state index in [1.807, 2.05) is 36.4 Å². The first-order chi connectivity index (χ1) is 7.65. The maximum absolute atomic E-state index is 10.6. The molecule has 16 heavy (non-hydrogen) atoms. The summed E-state index contributed by atoms with van der Waals surface area (Å²) in [5, 5.41) is 2.17. The second kappa shape index (κ2) is 4.53. The molecule has 2 N–H and O–H groups in total. The maximum atomic E-state index is 10.6. The van der Waals surface area contributed by atoms with Crippen LogP contribution in [0, 0.1) is 0 Å². The van der Waals surface area contributed by atoms with Crippen molar-refractivity contribution in [2.75, 3.05) is 6.61 Å². The topological polar surface area (TPSA) is 52.3 Å². The summed E-state index contributed by atoms with van der Waals surface area (Å²) in [4.78, 5) is 10.6. The first-order valence-corrected chi connectivity index (χ1v) is 5.55. The van der Waals surface area contributed by atoms with Crippen molar-refractivity contribution in [2.24, 2.45) is 5.73 Å². The minimum absolute atomic E-state index is 0.0977. The van der Waals surface area contributed by atoms with Crippen molar-refractivity contribution in [2.45, 2.75) is 0 Å². The second-order valence-corrected chi connectivity index (χ2v) is 4.32. The van der Waals surface area contributed by atoms with E-state index in [4.69, 9.17) is 10.5 Å². The predicted molar refractivity (Wildman–Crippen MR) is 66.3 cm³/mol. The molecule has 0 aromatic heterocycles. The Labute approximate surface area is 101 Å². The van der Waals surface area contributed by atoms with Gasteiger partial charge in [-0.25, -0.2) is 0 Å². The monoisotopic (exact) mass is 279 g/mol. The number of benzene rings is 2. The number of hydrogen-bond acceptors (Lipinski definition) is 2. The van der Waals surface area contributed by atoms with E-state index in [1.165, 1.54) is 0 Å². The summed E-state index contributed by atoms with van der Waals surface area (Å²) < 4.78 is 6.23. The van der Waals surface area contributed by atoms with E-state index >= 15 is 0 Å². The van der Waals surface area contributed by atoms with Gasteiger partial charge >= 0.3 is 0 Å². The van der Waals surface area contributed by atoms with Crippen molar-refractivity contribution in [3.05, 3.63) is 40.9 Å². The highest BCUT2D eigenvalue weighted by Crippen LogP contribution is 2.24. The molecule has 2 aromatic rings. The molecule has 2 aromatic carbocycles. The second-order valence-electron chi connectivity index (χ2n) is 3.41. The SMILES string of the molecule is NC(=O)COc1ccc2ccc(Br)cc2c1. The van der Waals surface area contributed by atoms with Crippen LogP contribution < -0.4 is 10.5 Å². The average molecular weight is 280 g/mol. The number of nitrogens with two attached hydrogens (primary N) is 1. The molecule has 82 valence electrons. The van der Waals surface area contributed by atoms with Gasteiger partial charge in [0.05, 0.1) is 0 Å². The van der Waals surface area contributed by atoms with Crippen LogP contribution in [0.1, 0.15) is 0 Å². The Kier molecular flexibility index (Phi) is 3.10. The van der Waals surface area contributed by atoms with Gasteiger partial charge in [0.2, 0.25) is 0 Å². The van der Waals surface area contributed by atoms with Crippen molar-refractivity contribution in [1.29, 1.82) is 0 Å². The van der Waals surface area contributed by atoms with Gasteiger partial charge in [-0.1, -0.05) is 28.1 Å². The van der Waals surface area contributed by atoms with Crippen molar-refractivity contribution < 1.29 is 9.53 Å². The summed E-state index contributed by atoms with van der Waals surface area (Å²) in [5.74, 6) is 0.165. The molecular weight excluding hydrogens is 270 g/mol. The highest BCUT2D eigenvalue weighted by molar-refractivity contribution is 9.10. The maximum Gasteiger partial charge on any atom is 0.255 e. The van der Waals surface area contributed by atoms with Gasteiger partial charge in [0.15, 0.2) is 6.61 Å². The number of halogens is 1. The minimum atomic E-state index is -0.477. The molecule has 0 saturated carbocycles. The number of fused-ring (bicyclic) bond motifs is 1. The van der Waals surface area contributed by atoms with Crippen LogP contribution in [0.4, 0.5) is 0 Å². The average Bonchev–Trinajstić information content (AvgIpc) is 2.25. The molecule has 4 heteroatoms. The number of rotatable bonds is 3. The molecule has 0 unspecified atom stereocenters. The molecule has 0 fully saturated rings. The number of primary amides is 1. The lowest BCUT2D eigenvalue weighted by molar-refractivity contribution is -0.119. The van der Waals surface area contributed by atoms with Gasteiger partial charge in [0, 0.05) is 4.47 Å². The molecule has 3 nitrogen and oxygen atoms in total. The summed E-state index contributed by atoms with van der Waals surface area (Å²) in [6, 6.07) is 11.6. The number of carbonyl (C=O) groups is 1. The van der Waals surface area contributed by atoms with E-state index in [9.17, 15) is 4.79 Å². The van der Waals surface area contributed by atoms with Gasteiger partial charge in [-0.3, -0.25) is 4.79 Å². The van der Waals surface area contributed by atoms with Gasteiger partial charge in [-0.05, 0) is 35.0 Å². The van der Waals surface area contributed by atoms with Crippen molar-refractivity contribution in [3.8, 4) is 5.75 Å². The standard InChI is InChI=1S/C12H10BrNO2/c13-10-3-1-8-2-4-11(6-9(8)5-10)16-7-12(14)15/h1-6H,7H2,(H2,14,15). The zero-order valence-corrected chi connectivity index (χ0v) is 10.0. The summed E-state index contributed by atoms with van der Waals surface area (Å²) >= 11 is 3.40. The van der Waals surface area contributed by atoms with Gasteiger partial charge in [-0.15, -0.1) is 0 Å². The largest absolute Gasteiger partial charge is 0.484 e. The van der Waals surface area contributed by atoms with Crippen LogP contribution in [0.3, 0.4) is 0 Å². The number of amides is 1. The summed E-state index contributed by atoms with van der Waals surface area (Å²) in [6.07, 6.45) is 0. The van der Waals surface area contributed by atoms with Crippen LogP contribution in [0.25, 0.3) is 10.8 Å². The number of carbonyl (C=O) groups excluding carboxylic acids is 1. The lowest BCUT2D eigenvalue weighted by atomic mass is 10.1. The zero-order chi connectivity index (χ0) is 11.5. The van der Waals surface area contributed by atoms with Crippen LogP contribution in [0.2, 0.25) is 0 Å². The van der Waals surface area contributed by atoms with Crippen LogP contribution >= 0.6 is 15.9 Å². The molecule has 0 radical (unpaired) electrons. The van der Waals surface area contributed by atoms with Crippen LogP contribution in [0.5, 0.6) is 5.75 Å². The van der Waals surface area contributed by atoms with Crippen molar-refractivity contribution >= 4 is 32.6 Å². The van der Waals surface area contributed by atoms with Crippen LogP contribution in [-0.4, -0.2) is 12.5 Å². The van der Waals surface area contributed by atoms with E-state index in [2.05, 4.69) is 15.9 Å². The predicted octanol–water partition coefficient (Wildman–Crippen LogP) is 2.47. The molecule has 0 heterocycles. The Morgan fingerprint density at radius 1 is 1.19 bits per heavy atom. The fourth-order valence-electron chi connectivity index (χ4n) is 1.44.